The maximum Gasteiger partial charge on any atom is 0.269 e. The molecule has 1 N–H and O–H groups in total. The van der Waals surface area contributed by atoms with Gasteiger partial charge in [0, 0.05) is 49.0 Å². The SMILES string of the molecule is COc1ccc(Cl)cc1NC(=S)N1CCN(c2ccc([N+](=O)[O-])cc2)CC1. The Morgan fingerprint density at radius 3 is 2.44 bits per heavy atom. The zero-order valence-electron chi connectivity index (χ0n) is 14.7. The van der Waals surface area contributed by atoms with Gasteiger partial charge in [0.05, 0.1) is 17.7 Å². The monoisotopic (exact) mass is 406 g/mol. The number of benzene rings is 2. The predicted molar refractivity (Wildman–Crippen MR) is 111 cm³/mol. The molecule has 1 aliphatic heterocycles. The standard InChI is InChI=1S/C18H19ClN4O3S/c1-26-17-7-2-13(19)12-16(17)20-18(27)22-10-8-21(9-11-22)14-3-5-15(6-4-14)23(24)25/h2-7,12H,8-11H2,1H3,(H,20,27). The molecular weight excluding hydrogens is 388 g/mol. The first-order chi connectivity index (χ1) is 13.0. The van der Waals surface area contributed by atoms with Crippen molar-refractivity contribution in [3.05, 3.63) is 57.6 Å². The van der Waals surface area contributed by atoms with E-state index in [1.807, 2.05) is 0 Å². The number of nitrogens with zero attached hydrogens (tertiary/aromatic N) is 3. The van der Waals surface area contributed by atoms with Gasteiger partial charge in [0.1, 0.15) is 5.75 Å². The van der Waals surface area contributed by atoms with E-state index in [4.69, 9.17) is 28.6 Å². The van der Waals surface area contributed by atoms with Crippen LogP contribution in [-0.2, 0) is 0 Å². The number of ether oxygens (including phenoxy) is 1. The molecule has 0 aromatic heterocycles. The Morgan fingerprint density at radius 1 is 1.19 bits per heavy atom. The van der Waals surface area contributed by atoms with Crippen LogP contribution in [0.25, 0.3) is 0 Å². The number of non-ortho nitro benzene ring substituents is 1. The van der Waals surface area contributed by atoms with Crippen LogP contribution in [0.4, 0.5) is 17.1 Å². The fraction of sp³-hybridized carbons (Fsp3) is 0.278. The quantitative estimate of drug-likeness (QED) is 0.470. The number of piperazine rings is 1. The Labute approximate surface area is 167 Å². The third kappa shape index (κ3) is 4.58. The number of nitro benzene ring substituents is 1. The van der Waals surface area contributed by atoms with Gasteiger partial charge >= 0.3 is 0 Å². The van der Waals surface area contributed by atoms with Gasteiger partial charge in [-0.1, -0.05) is 11.6 Å². The van der Waals surface area contributed by atoms with Crippen molar-refractivity contribution >= 4 is 46.0 Å². The van der Waals surface area contributed by atoms with Crippen LogP contribution >= 0.6 is 23.8 Å². The average Bonchev–Trinajstić information content (AvgIpc) is 2.68. The van der Waals surface area contributed by atoms with Gasteiger partial charge in [-0.3, -0.25) is 10.1 Å². The van der Waals surface area contributed by atoms with E-state index in [1.165, 1.54) is 12.1 Å². The molecule has 0 bridgehead atoms. The molecule has 3 rings (SSSR count). The molecule has 27 heavy (non-hydrogen) atoms. The number of rotatable bonds is 4. The first kappa shape index (κ1) is 19.2. The van der Waals surface area contributed by atoms with Crippen molar-refractivity contribution in [2.45, 2.75) is 0 Å². The van der Waals surface area contributed by atoms with E-state index >= 15 is 0 Å². The highest BCUT2D eigenvalue weighted by molar-refractivity contribution is 7.80. The van der Waals surface area contributed by atoms with Gasteiger partial charge < -0.3 is 19.9 Å². The summed E-state index contributed by atoms with van der Waals surface area (Å²) in [4.78, 5) is 14.6. The topological polar surface area (TPSA) is 70.9 Å². The number of hydrogen-bond acceptors (Lipinski definition) is 5. The Bertz CT molecular complexity index is 839. The van der Waals surface area contributed by atoms with Gasteiger partial charge in [-0.25, -0.2) is 0 Å². The van der Waals surface area contributed by atoms with E-state index in [-0.39, 0.29) is 5.69 Å². The lowest BCUT2D eigenvalue weighted by molar-refractivity contribution is -0.384. The molecule has 1 saturated heterocycles. The lowest BCUT2D eigenvalue weighted by Crippen LogP contribution is -2.50. The number of nitro groups is 1. The van der Waals surface area contributed by atoms with Crippen molar-refractivity contribution in [1.29, 1.82) is 0 Å². The molecule has 7 nitrogen and oxygen atoms in total. The first-order valence-corrected chi connectivity index (χ1v) is 9.15. The molecular formula is C18H19ClN4O3S. The third-order valence-corrected chi connectivity index (χ3v) is 4.99. The highest BCUT2D eigenvalue weighted by Crippen LogP contribution is 2.28. The Balaban J connectivity index is 1.59. The third-order valence-electron chi connectivity index (χ3n) is 4.40. The number of halogens is 1. The normalized spacial score (nSPS) is 14.0. The molecule has 0 radical (unpaired) electrons. The van der Waals surface area contributed by atoms with Crippen LogP contribution in [0.3, 0.4) is 0 Å². The summed E-state index contributed by atoms with van der Waals surface area (Å²) in [6.45, 7) is 3.02. The predicted octanol–water partition coefficient (Wildman–Crippen LogP) is 3.78. The molecule has 9 heteroatoms. The lowest BCUT2D eigenvalue weighted by atomic mass is 10.2. The highest BCUT2D eigenvalue weighted by Gasteiger charge is 2.20. The summed E-state index contributed by atoms with van der Waals surface area (Å²) in [6.07, 6.45) is 0. The summed E-state index contributed by atoms with van der Waals surface area (Å²) >= 11 is 11.6. The molecule has 0 atom stereocenters. The number of methoxy groups -OCH3 is 1. The van der Waals surface area contributed by atoms with E-state index in [2.05, 4.69) is 15.1 Å². The molecule has 1 aliphatic rings. The van der Waals surface area contributed by atoms with E-state index in [0.29, 0.717) is 15.9 Å². The van der Waals surface area contributed by atoms with Gasteiger partial charge in [0.25, 0.3) is 5.69 Å². The van der Waals surface area contributed by atoms with Gasteiger partial charge in [-0.15, -0.1) is 0 Å². The summed E-state index contributed by atoms with van der Waals surface area (Å²) in [7, 11) is 1.60. The second-order valence-electron chi connectivity index (χ2n) is 6.02. The van der Waals surface area contributed by atoms with Crippen molar-refractivity contribution in [1.82, 2.24) is 4.90 Å². The van der Waals surface area contributed by atoms with Crippen LogP contribution in [0.15, 0.2) is 42.5 Å². The largest absolute Gasteiger partial charge is 0.495 e. The van der Waals surface area contributed by atoms with Crippen molar-refractivity contribution < 1.29 is 9.66 Å². The molecule has 1 fully saturated rings. The van der Waals surface area contributed by atoms with Crippen molar-refractivity contribution in [2.75, 3.05) is 43.5 Å². The van der Waals surface area contributed by atoms with Gasteiger partial charge in [-0.2, -0.15) is 0 Å². The number of anilines is 2. The summed E-state index contributed by atoms with van der Waals surface area (Å²) in [5, 5.41) is 15.2. The minimum Gasteiger partial charge on any atom is -0.495 e. The van der Waals surface area contributed by atoms with Crippen molar-refractivity contribution in [3.8, 4) is 5.75 Å². The van der Waals surface area contributed by atoms with Crippen molar-refractivity contribution in [3.63, 3.8) is 0 Å². The van der Waals surface area contributed by atoms with Gasteiger partial charge in [-0.05, 0) is 42.5 Å². The molecule has 2 aromatic carbocycles. The van der Waals surface area contributed by atoms with E-state index in [1.54, 1.807) is 37.4 Å². The van der Waals surface area contributed by atoms with Gasteiger partial charge in [0.15, 0.2) is 5.11 Å². The second-order valence-corrected chi connectivity index (χ2v) is 6.85. The fourth-order valence-electron chi connectivity index (χ4n) is 2.93. The van der Waals surface area contributed by atoms with Crippen LogP contribution in [0.1, 0.15) is 0 Å². The minimum atomic E-state index is -0.393. The minimum absolute atomic E-state index is 0.0956. The number of nitrogens with one attached hydrogen (secondary N) is 1. The van der Waals surface area contributed by atoms with Gasteiger partial charge in [0.2, 0.25) is 0 Å². The van der Waals surface area contributed by atoms with E-state index in [9.17, 15) is 10.1 Å². The summed E-state index contributed by atoms with van der Waals surface area (Å²) in [5.41, 5.74) is 1.79. The molecule has 0 amide bonds. The summed E-state index contributed by atoms with van der Waals surface area (Å²) in [6, 6.07) is 11.9. The molecule has 142 valence electrons. The maximum atomic E-state index is 10.8. The second kappa shape index (κ2) is 8.41. The number of hydrogen-bond donors (Lipinski definition) is 1. The molecule has 0 unspecified atom stereocenters. The maximum absolute atomic E-state index is 10.8. The summed E-state index contributed by atoms with van der Waals surface area (Å²) in [5.74, 6) is 0.672. The van der Waals surface area contributed by atoms with E-state index in [0.717, 1.165) is 37.6 Å². The zero-order chi connectivity index (χ0) is 19.4. The highest BCUT2D eigenvalue weighted by atomic mass is 35.5. The molecule has 0 saturated carbocycles. The van der Waals surface area contributed by atoms with Crippen LogP contribution < -0.4 is 15.0 Å². The Kier molecular flexibility index (Phi) is 5.98. The smallest absolute Gasteiger partial charge is 0.269 e. The zero-order valence-corrected chi connectivity index (χ0v) is 16.3. The van der Waals surface area contributed by atoms with Crippen LogP contribution in [0, 0.1) is 10.1 Å². The first-order valence-electron chi connectivity index (χ1n) is 8.37. The fourth-order valence-corrected chi connectivity index (χ4v) is 3.39. The van der Waals surface area contributed by atoms with Crippen LogP contribution in [0.2, 0.25) is 5.02 Å². The lowest BCUT2D eigenvalue weighted by Gasteiger charge is -2.37. The van der Waals surface area contributed by atoms with E-state index < -0.39 is 4.92 Å². The average molecular weight is 407 g/mol. The van der Waals surface area contributed by atoms with Crippen LogP contribution in [-0.4, -0.2) is 48.2 Å². The summed E-state index contributed by atoms with van der Waals surface area (Å²) < 4.78 is 5.33. The Morgan fingerprint density at radius 2 is 1.85 bits per heavy atom. The molecule has 2 aromatic rings. The molecule has 1 heterocycles. The Hall–Kier alpha value is -2.58. The molecule has 0 aliphatic carbocycles. The molecule has 0 spiro atoms. The van der Waals surface area contributed by atoms with Crippen LogP contribution in [0.5, 0.6) is 5.75 Å². The number of thiocarbonyl (C=S) groups is 1. The van der Waals surface area contributed by atoms with Crippen molar-refractivity contribution in [2.24, 2.45) is 0 Å².